The van der Waals surface area contributed by atoms with Crippen LogP contribution in [0.4, 0.5) is 0 Å². The average molecular weight is 293 g/mol. The summed E-state index contributed by atoms with van der Waals surface area (Å²) in [6.45, 7) is 5.04. The molecule has 4 nitrogen and oxygen atoms in total. The van der Waals surface area contributed by atoms with Crippen LogP contribution in [0.5, 0.6) is 0 Å². The van der Waals surface area contributed by atoms with Crippen LogP contribution in [0.3, 0.4) is 0 Å². The molecule has 1 aromatic carbocycles. The second-order valence-electron chi connectivity index (χ2n) is 5.26. The van der Waals surface area contributed by atoms with Crippen molar-refractivity contribution in [3.63, 3.8) is 0 Å². The second-order valence-corrected chi connectivity index (χ2v) is 7.20. The van der Waals surface area contributed by atoms with Gasteiger partial charge in [0.05, 0.1) is 4.90 Å². The molecular weight excluding hydrogens is 274 g/mol. The van der Waals surface area contributed by atoms with Crippen LogP contribution in [0.2, 0.25) is 0 Å². The lowest BCUT2D eigenvalue weighted by Crippen LogP contribution is -2.29. The number of hydrogen-bond acceptors (Lipinski definition) is 3. The Labute approximate surface area is 120 Å². The van der Waals surface area contributed by atoms with E-state index in [2.05, 4.69) is 25.7 Å². The highest BCUT2D eigenvalue weighted by Crippen LogP contribution is 2.28. The van der Waals surface area contributed by atoms with Crippen LogP contribution in [0.15, 0.2) is 29.2 Å². The number of sulfonamides is 1. The minimum absolute atomic E-state index is 0.238. The molecule has 0 aromatic heterocycles. The quantitative estimate of drug-likeness (QED) is 0.836. The fourth-order valence-corrected chi connectivity index (χ4v) is 3.99. The molecule has 0 spiro atoms. The minimum atomic E-state index is -3.45. The van der Waals surface area contributed by atoms with Crippen LogP contribution in [0.25, 0.3) is 0 Å². The van der Waals surface area contributed by atoms with E-state index in [0.717, 1.165) is 0 Å². The third kappa shape index (κ3) is 3.04. The van der Waals surface area contributed by atoms with Crippen molar-refractivity contribution in [1.82, 2.24) is 4.31 Å². The van der Waals surface area contributed by atoms with E-state index >= 15 is 0 Å². The molecule has 2 atom stereocenters. The lowest BCUT2D eigenvalue weighted by Gasteiger charge is -2.16. The summed E-state index contributed by atoms with van der Waals surface area (Å²) in [7, 11) is -3.45. The van der Waals surface area contributed by atoms with Gasteiger partial charge in [-0.25, -0.2) is 8.42 Å². The molecule has 0 bridgehead atoms. The van der Waals surface area contributed by atoms with Gasteiger partial charge in [-0.1, -0.05) is 31.8 Å². The van der Waals surface area contributed by atoms with Gasteiger partial charge >= 0.3 is 0 Å². The van der Waals surface area contributed by atoms with E-state index in [1.165, 1.54) is 0 Å². The first-order valence-electron chi connectivity index (χ1n) is 6.65. The van der Waals surface area contributed by atoms with Crippen LogP contribution >= 0.6 is 0 Å². The van der Waals surface area contributed by atoms with E-state index in [1.807, 2.05) is 0 Å². The zero-order chi connectivity index (χ0) is 14.8. The zero-order valence-electron chi connectivity index (χ0n) is 11.7. The molecule has 1 aliphatic heterocycles. The second kappa shape index (κ2) is 5.96. The van der Waals surface area contributed by atoms with E-state index in [0.29, 0.717) is 30.5 Å². The van der Waals surface area contributed by atoms with Crippen molar-refractivity contribution in [2.45, 2.75) is 18.7 Å². The maximum Gasteiger partial charge on any atom is 0.243 e. The van der Waals surface area contributed by atoms with Gasteiger partial charge in [-0.05, 0) is 30.0 Å². The number of aliphatic hydroxyl groups excluding tert-OH is 1. The minimum Gasteiger partial charge on any atom is -0.384 e. The van der Waals surface area contributed by atoms with Crippen LogP contribution in [-0.4, -0.2) is 37.5 Å². The molecule has 2 rings (SSSR count). The standard InChI is InChI=1S/C15H19NO3S/c1-12-10-16(11-13(12)2)20(18,19)15-7-3-5-14(9-15)6-4-8-17/h3,5,7,9,12-13,17H,8,10-11H2,1-2H3. The predicted octanol–water partition coefficient (Wildman–Crippen LogP) is 1.31. The SMILES string of the molecule is CC1CN(S(=O)(=O)c2cccc(C#CCO)c2)CC1C. The Morgan fingerprint density at radius 1 is 1.30 bits per heavy atom. The first-order valence-corrected chi connectivity index (χ1v) is 8.09. The Kier molecular flexibility index (Phi) is 4.48. The lowest BCUT2D eigenvalue weighted by atomic mass is 10.0. The summed E-state index contributed by atoms with van der Waals surface area (Å²) in [5.41, 5.74) is 0.598. The van der Waals surface area contributed by atoms with Crippen molar-refractivity contribution in [2.24, 2.45) is 11.8 Å². The molecule has 1 aliphatic rings. The van der Waals surface area contributed by atoms with Gasteiger partial charge in [0.1, 0.15) is 6.61 Å². The highest BCUT2D eigenvalue weighted by Gasteiger charge is 2.34. The molecule has 1 aromatic rings. The Balaban J connectivity index is 2.31. The molecule has 1 N–H and O–H groups in total. The average Bonchev–Trinajstić information content (AvgIpc) is 2.77. The largest absolute Gasteiger partial charge is 0.384 e. The van der Waals surface area contributed by atoms with Gasteiger partial charge in [-0.3, -0.25) is 0 Å². The first kappa shape index (κ1) is 15.0. The topological polar surface area (TPSA) is 57.6 Å². The molecule has 0 saturated carbocycles. The summed E-state index contributed by atoms with van der Waals surface area (Å²) < 4.78 is 26.7. The van der Waals surface area contributed by atoms with Gasteiger partial charge in [-0.2, -0.15) is 4.31 Å². The number of aliphatic hydroxyl groups is 1. The summed E-state index contributed by atoms with van der Waals surface area (Å²) in [5.74, 6) is 6.01. The first-order chi connectivity index (χ1) is 9.45. The number of hydrogen-bond donors (Lipinski definition) is 1. The Hall–Kier alpha value is -1.35. The lowest BCUT2D eigenvalue weighted by molar-refractivity contribution is 0.350. The van der Waals surface area contributed by atoms with Crippen LogP contribution < -0.4 is 0 Å². The molecular formula is C15H19NO3S. The van der Waals surface area contributed by atoms with Crippen molar-refractivity contribution < 1.29 is 13.5 Å². The summed E-state index contributed by atoms with van der Waals surface area (Å²) in [4.78, 5) is 0.267. The van der Waals surface area contributed by atoms with E-state index in [9.17, 15) is 8.42 Å². The van der Waals surface area contributed by atoms with Gasteiger partial charge < -0.3 is 5.11 Å². The predicted molar refractivity (Wildman–Crippen MR) is 77.5 cm³/mol. The van der Waals surface area contributed by atoms with Crippen LogP contribution in [0, 0.1) is 23.7 Å². The zero-order valence-corrected chi connectivity index (χ0v) is 12.5. The highest BCUT2D eigenvalue weighted by atomic mass is 32.2. The molecule has 0 aliphatic carbocycles. The Morgan fingerprint density at radius 3 is 2.55 bits per heavy atom. The molecule has 1 heterocycles. The molecule has 0 amide bonds. The summed E-state index contributed by atoms with van der Waals surface area (Å²) >= 11 is 0. The van der Waals surface area contributed by atoms with Gasteiger partial charge in [0, 0.05) is 18.7 Å². The fraction of sp³-hybridized carbons (Fsp3) is 0.467. The van der Waals surface area contributed by atoms with E-state index < -0.39 is 10.0 Å². The molecule has 20 heavy (non-hydrogen) atoms. The van der Waals surface area contributed by atoms with Crippen molar-refractivity contribution in [3.05, 3.63) is 29.8 Å². The molecule has 1 saturated heterocycles. The normalized spacial score (nSPS) is 23.4. The molecule has 2 unspecified atom stereocenters. The third-order valence-electron chi connectivity index (χ3n) is 3.74. The molecule has 1 fully saturated rings. The van der Waals surface area contributed by atoms with Crippen molar-refractivity contribution >= 4 is 10.0 Å². The smallest absolute Gasteiger partial charge is 0.243 e. The monoisotopic (exact) mass is 293 g/mol. The molecule has 0 radical (unpaired) electrons. The number of nitrogens with zero attached hydrogens (tertiary/aromatic N) is 1. The van der Waals surface area contributed by atoms with Crippen molar-refractivity contribution in [2.75, 3.05) is 19.7 Å². The molecule has 5 heteroatoms. The van der Waals surface area contributed by atoms with Gasteiger partial charge in [0.15, 0.2) is 0 Å². The van der Waals surface area contributed by atoms with Crippen molar-refractivity contribution in [3.8, 4) is 11.8 Å². The van der Waals surface area contributed by atoms with Crippen molar-refractivity contribution in [1.29, 1.82) is 0 Å². The number of rotatable bonds is 2. The number of benzene rings is 1. The highest BCUT2D eigenvalue weighted by molar-refractivity contribution is 7.89. The van der Waals surface area contributed by atoms with E-state index in [-0.39, 0.29) is 11.5 Å². The fourth-order valence-electron chi connectivity index (χ4n) is 2.30. The van der Waals surface area contributed by atoms with Gasteiger partial charge in [0.25, 0.3) is 0 Å². The van der Waals surface area contributed by atoms with E-state index in [1.54, 1.807) is 28.6 Å². The van der Waals surface area contributed by atoms with Gasteiger partial charge in [0.2, 0.25) is 10.0 Å². The van der Waals surface area contributed by atoms with Crippen LogP contribution in [-0.2, 0) is 10.0 Å². The summed E-state index contributed by atoms with van der Waals surface area (Å²) in [6, 6.07) is 6.56. The molecule has 108 valence electrons. The van der Waals surface area contributed by atoms with Gasteiger partial charge in [-0.15, -0.1) is 0 Å². The maximum absolute atomic E-state index is 12.6. The summed E-state index contributed by atoms with van der Waals surface area (Å²) in [6.07, 6.45) is 0. The van der Waals surface area contributed by atoms with E-state index in [4.69, 9.17) is 5.11 Å². The summed E-state index contributed by atoms with van der Waals surface area (Å²) in [5, 5.41) is 8.69. The van der Waals surface area contributed by atoms with Crippen LogP contribution in [0.1, 0.15) is 19.4 Å². The third-order valence-corrected chi connectivity index (χ3v) is 5.57. The Morgan fingerprint density at radius 2 is 1.95 bits per heavy atom. The maximum atomic E-state index is 12.6. The Bertz CT molecular complexity index is 633.